The van der Waals surface area contributed by atoms with Crippen LogP contribution in [0, 0.1) is 0 Å². The van der Waals surface area contributed by atoms with E-state index in [1.165, 1.54) is 0 Å². The van der Waals surface area contributed by atoms with E-state index < -0.39 is 0 Å². The lowest BCUT2D eigenvalue weighted by atomic mass is 10.2. The molecule has 5 heteroatoms. The molecule has 0 unspecified atom stereocenters. The van der Waals surface area contributed by atoms with Crippen molar-refractivity contribution < 1.29 is 13.9 Å². The summed E-state index contributed by atoms with van der Waals surface area (Å²) in [5.41, 5.74) is 0.554. The van der Waals surface area contributed by atoms with Gasteiger partial charge in [-0.05, 0) is 46.3 Å². The van der Waals surface area contributed by atoms with Gasteiger partial charge in [0.1, 0.15) is 11.5 Å². The lowest BCUT2D eigenvalue weighted by molar-refractivity contribution is 0.0952. The molecule has 4 nitrogen and oxygen atoms in total. The van der Waals surface area contributed by atoms with E-state index in [9.17, 15) is 4.79 Å². The van der Waals surface area contributed by atoms with Crippen LogP contribution in [0.1, 0.15) is 16.1 Å². The summed E-state index contributed by atoms with van der Waals surface area (Å²) in [5.74, 6) is 1.36. The Morgan fingerprint density at radius 3 is 2.95 bits per heavy atom. The van der Waals surface area contributed by atoms with E-state index in [-0.39, 0.29) is 5.91 Å². The Kier molecular flexibility index (Phi) is 4.63. The van der Waals surface area contributed by atoms with Crippen LogP contribution >= 0.6 is 15.9 Å². The fraction of sp³-hybridized carbons (Fsp3) is 0.214. The number of hydrogen-bond acceptors (Lipinski definition) is 3. The van der Waals surface area contributed by atoms with Crippen molar-refractivity contribution in [2.24, 2.45) is 0 Å². The SMILES string of the molecule is COc1ccc(Br)c(C(=O)NCCc2ccco2)c1. The first-order valence-corrected chi connectivity index (χ1v) is 6.64. The third kappa shape index (κ3) is 3.61. The minimum absolute atomic E-state index is 0.141. The van der Waals surface area contributed by atoms with Crippen molar-refractivity contribution in [1.82, 2.24) is 5.32 Å². The molecule has 0 spiro atoms. The molecule has 2 rings (SSSR count). The van der Waals surface area contributed by atoms with Gasteiger partial charge in [-0.15, -0.1) is 0 Å². The quantitative estimate of drug-likeness (QED) is 0.920. The van der Waals surface area contributed by atoms with Gasteiger partial charge in [0.05, 0.1) is 18.9 Å². The zero-order valence-corrected chi connectivity index (χ0v) is 12.1. The van der Waals surface area contributed by atoms with Crippen LogP contribution in [0.4, 0.5) is 0 Å². The average Bonchev–Trinajstić information content (AvgIpc) is 2.92. The van der Waals surface area contributed by atoms with E-state index in [4.69, 9.17) is 9.15 Å². The molecule has 100 valence electrons. The summed E-state index contributed by atoms with van der Waals surface area (Å²) < 4.78 is 11.0. The minimum Gasteiger partial charge on any atom is -0.497 e. The molecule has 1 heterocycles. The van der Waals surface area contributed by atoms with Crippen LogP contribution in [0.3, 0.4) is 0 Å². The summed E-state index contributed by atoms with van der Waals surface area (Å²) in [6, 6.07) is 9.00. The topological polar surface area (TPSA) is 51.5 Å². The van der Waals surface area contributed by atoms with Crippen LogP contribution in [0.2, 0.25) is 0 Å². The minimum atomic E-state index is -0.141. The zero-order valence-electron chi connectivity index (χ0n) is 10.5. The monoisotopic (exact) mass is 323 g/mol. The number of rotatable bonds is 5. The van der Waals surface area contributed by atoms with E-state index in [2.05, 4.69) is 21.2 Å². The molecule has 1 aromatic heterocycles. The Hall–Kier alpha value is -1.75. The van der Waals surface area contributed by atoms with Crippen LogP contribution in [0.15, 0.2) is 45.5 Å². The second kappa shape index (κ2) is 6.43. The van der Waals surface area contributed by atoms with Crippen molar-refractivity contribution in [2.75, 3.05) is 13.7 Å². The number of nitrogens with one attached hydrogen (secondary N) is 1. The highest BCUT2D eigenvalue weighted by Gasteiger charge is 2.11. The number of carbonyl (C=O) groups excluding carboxylic acids is 1. The van der Waals surface area contributed by atoms with Crippen molar-refractivity contribution >= 4 is 21.8 Å². The molecule has 0 aliphatic carbocycles. The van der Waals surface area contributed by atoms with Gasteiger partial charge in [-0.3, -0.25) is 4.79 Å². The molecule has 1 N–H and O–H groups in total. The summed E-state index contributed by atoms with van der Waals surface area (Å²) in [6.07, 6.45) is 2.29. The molecular weight excluding hydrogens is 310 g/mol. The molecule has 0 aliphatic rings. The number of halogens is 1. The molecule has 0 saturated carbocycles. The standard InChI is InChI=1S/C14H14BrNO3/c1-18-11-4-5-13(15)12(9-11)14(17)16-7-6-10-3-2-8-19-10/h2-5,8-9H,6-7H2,1H3,(H,16,17). The molecule has 1 amide bonds. The largest absolute Gasteiger partial charge is 0.497 e. The second-order valence-electron chi connectivity index (χ2n) is 3.93. The fourth-order valence-electron chi connectivity index (χ4n) is 1.65. The second-order valence-corrected chi connectivity index (χ2v) is 4.79. The molecule has 1 aromatic carbocycles. The first kappa shape index (κ1) is 13.7. The lowest BCUT2D eigenvalue weighted by Crippen LogP contribution is -2.25. The maximum atomic E-state index is 12.0. The number of hydrogen-bond donors (Lipinski definition) is 1. The number of ether oxygens (including phenoxy) is 1. The highest BCUT2D eigenvalue weighted by atomic mass is 79.9. The van der Waals surface area contributed by atoms with Gasteiger partial charge < -0.3 is 14.5 Å². The van der Waals surface area contributed by atoms with Crippen LogP contribution in [0.5, 0.6) is 5.75 Å². The van der Waals surface area contributed by atoms with E-state index in [1.54, 1.807) is 31.6 Å². The third-order valence-electron chi connectivity index (χ3n) is 2.66. The molecule has 0 saturated heterocycles. The van der Waals surface area contributed by atoms with Crippen molar-refractivity contribution in [3.8, 4) is 5.75 Å². The summed E-state index contributed by atoms with van der Waals surface area (Å²) in [5, 5.41) is 2.84. The number of carbonyl (C=O) groups is 1. The normalized spacial score (nSPS) is 10.2. The molecule has 19 heavy (non-hydrogen) atoms. The molecule has 2 aromatic rings. The highest BCUT2D eigenvalue weighted by molar-refractivity contribution is 9.10. The van der Waals surface area contributed by atoms with Crippen LogP contribution in [-0.2, 0) is 6.42 Å². The van der Waals surface area contributed by atoms with Crippen LogP contribution in [-0.4, -0.2) is 19.6 Å². The molecule has 0 bridgehead atoms. The average molecular weight is 324 g/mol. The van der Waals surface area contributed by atoms with E-state index in [0.717, 1.165) is 10.2 Å². The molecular formula is C14H14BrNO3. The van der Waals surface area contributed by atoms with Crippen LogP contribution in [0.25, 0.3) is 0 Å². The van der Waals surface area contributed by atoms with Gasteiger partial charge in [0.25, 0.3) is 5.91 Å². The van der Waals surface area contributed by atoms with Gasteiger partial charge in [0.2, 0.25) is 0 Å². The lowest BCUT2D eigenvalue weighted by Gasteiger charge is -2.08. The molecule has 0 fully saturated rings. The van der Waals surface area contributed by atoms with Gasteiger partial charge in [-0.1, -0.05) is 0 Å². The van der Waals surface area contributed by atoms with Gasteiger partial charge in [0.15, 0.2) is 0 Å². The van der Waals surface area contributed by atoms with Crippen molar-refractivity contribution in [2.45, 2.75) is 6.42 Å². The van der Waals surface area contributed by atoms with E-state index >= 15 is 0 Å². The Bertz CT molecular complexity index is 552. The van der Waals surface area contributed by atoms with E-state index in [1.807, 2.05) is 12.1 Å². The van der Waals surface area contributed by atoms with Gasteiger partial charge in [0, 0.05) is 17.4 Å². The van der Waals surface area contributed by atoms with Crippen molar-refractivity contribution in [3.05, 3.63) is 52.4 Å². The first-order chi connectivity index (χ1) is 9.20. The maximum Gasteiger partial charge on any atom is 0.252 e. The third-order valence-corrected chi connectivity index (χ3v) is 3.35. The fourth-order valence-corrected chi connectivity index (χ4v) is 2.08. The molecule has 0 atom stereocenters. The zero-order chi connectivity index (χ0) is 13.7. The number of furan rings is 1. The first-order valence-electron chi connectivity index (χ1n) is 5.85. The number of methoxy groups -OCH3 is 1. The Morgan fingerprint density at radius 2 is 2.26 bits per heavy atom. The highest BCUT2D eigenvalue weighted by Crippen LogP contribution is 2.22. The number of benzene rings is 1. The summed E-state index contributed by atoms with van der Waals surface area (Å²) >= 11 is 3.36. The summed E-state index contributed by atoms with van der Waals surface area (Å²) in [6.45, 7) is 0.524. The van der Waals surface area contributed by atoms with Crippen molar-refractivity contribution in [1.29, 1.82) is 0 Å². The smallest absolute Gasteiger partial charge is 0.252 e. The Morgan fingerprint density at radius 1 is 1.42 bits per heavy atom. The van der Waals surface area contributed by atoms with Gasteiger partial charge >= 0.3 is 0 Å². The van der Waals surface area contributed by atoms with Crippen molar-refractivity contribution in [3.63, 3.8) is 0 Å². The predicted molar refractivity (Wildman–Crippen MR) is 75.4 cm³/mol. The van der Waals surface area contributed by atoms with Gasteiger partial charge in [-0.25, -0.2) is 0 Å². The molecule has 0 aliphatic heterocycles. The van der Waals surface area contributed by atoms with Crippen LogP contribution < -0.4 is 10.1 Å². The Labute approximate surface area is 119 Å². The predicted octanol–water partition coefficient (Wildman–Crippen LogP) is 3.02. The summed E-state index contributed by atoms with van der Waals surface area (Å²) in [7, 11) is 1.57. The summed E-state index contributed by atoms with van der Waals surface area (Å²) in [4.78, 5) is 12.0. The van der Waals surface area contributed by atoms with Gasteiger partial charge in [-0.2, -0.15) is 0 Å². The number of amides is 1. The van der Waals surface area contributed by atoms with E-state index in [0.29, 0.717) is 24.3 Å². The molecule has 0 radical (unpaired) electrons. The maximum absolute atomic E-state index is 12.0. The Balaban J connectivity index is 1.95.